The van der Waals surface area contributed by atoms with E-state index in [1.807, 2.05) is 0 Å². The van der Waals surface area contributed by atoms with Crippen molar-refractivity contribution in [1.29, 1.82) is 0 Å². The maximum absolute atomic E-state index is 10.8. The number of ether oxygens (including phenoxy) is 1. The van der Waals surface area contributed by atoms with E-state index in [-0.39, 0.29) is 13.2 Å². The number of rotatable bonds is 1. The maximum atomic E-state index is 10.8. The summed E-state index contributed by atoms with van der Waals surface area (Å²) in [4.78, 5) is 0. The summed E-state index contributed by atoms with van der Waals surface area (Å²) in [6.07, 6.45) is -0.640. The fraction of sp³-hybridized carbons (Fsp3) is 1.00. The largest absolute Gasteiger partial charge is 0.377 e. The highest BCUT2D eigenvalue weighted by molar-refractivity contribution is 7.86. The molecule has 66 valence electrons. The first-order valence-corrected chi connectivity index (χ1v) is 4.65. The normalized spacial score (nSPS) is 28.7. The number of nitrogens with two attached hydrogens (primary N) is 2. The van der Waals surface area contributed by atoms with Gasteiger partial charge in [0, 0.05) is 6.54 Å². The summed E-state index contributed by atoms with van der Waals surface area (Å²) in [7, 11) is -3.65. The predicted molar refractivity (Wildman–Crippen MR) is 38.6 cm³/mol. The minimum atomic E-state index is -3.65. The van der Waals surface area contributed by atoms with Gasteiger partial charge in [0.15, 0.2) is 0 Å². The molecule has 1 heterocycles. The summed E-state index contributed by atoms with van der Waals surface area (Å²) in [5, 5.41) is 4.86. The first-order chi connectivity index (χ1) is 5.02. The summed E-state index contributed by atoms with van der Waals surface area (Å²) in [5.74, 6) is 0. The van der Waals surface area contributed by atoms with Crippen molar-refractivity contribution >= 4 is 10.2 Å². The Kier molecular flexibility index (Phi) is 2.45. The predicted octanol–water partition coefficient (Wildman–Crippen LogP) is -2.19. The molecule has 0 amide bonds. The van der Waals surface area contributed by atoms with Crippen molar-refractivity contribution in [3.05, 3.63) is 0 Å². The molecule has 0 aromatic rings. The monoisotopic (exact) mass is 181 g/mol. The van der Waals surface area contributed by atoms with Crippen LogP contribution in [0.1, 0.15) is 0 Å². The average Bonchev–Trinajstić information content (AvgIpc) is 1.86. The van der Waals surface area contributed by atoms with Gasteiger partial charge in [-0.05, 0) is 0 Å². The van der Waals surface area contributed by atoms with E-state index in [1.54, 1.807) is 0 Å². The molecule has 1 unspecified atom stereocenters. The van der Waals surface area contributed by atoms with Crippen LogP contribution >= 0.6 is 0 Å². The van der Waals surface area contributed by atoms with E-state index in [0.29, 0.717) is 6.61 Å². The molecule has 0 spiro atoms. The second-order valence-corrected chi connectivity index (χ2v) is 3.80. The number of hydrogen-bond acceptors (Lipinski definition) is 4. The smallest absolute Gasteiger partial charge is 0.278 e. The zero-order valence-electron chi connectivity index (χ0n) is 5.93. The Balaban J connectivity index is 2.70. The van der Waals surface area contributed by atoms with Gasteiger partial charge in [0.1, 0.15) is 0 Å². The lowest BCUT2D eigenvalue weighted by Gasteiger charge is -2.29. The van der Waals surface area contributed by atoms with Crippen molar-refractivity contribution in [2.75, 3.05) is 19.8 Å². The van der Waals surface area contributed by atoms with Crippen molar-refractivity contribution in [3.63, 3.8) is 0 Å². The highest BCUT2D eigenvalue weighted by Gasteiger charge is 2.27. The van der Waals surface area contributed by atoms with E-state index >= 15 is 0 Å². The van der Waals surface area contributed by atoms with Gasteiger partial charge in [0.25, 0.3) is 10.2 Å². The third-order valence-electron chi connectivity index (χ3n) is 1.44. The fourth-order valence-electron chi connectivity index (χ4n) is 0.924. The van der Waals surface area contributed by atoms with Crippen LogP contribution < -0.4 is 10.9 Å². The lowest BCUT2D eigenvalue weighted by atomic mass is 10.4. The van der Waals surface area contributed by atoms with Crippen LogP contribution in [-0.4, -0.2) is 38.6 Å². The van der Waals surface area contributed by atoms with Crippen LogP contribution in [0.25, 0.3) is 0 Å². The Morgan fingerprint density at radius 2 is 2.18 bits per heavy atom. The molecule has 4 N–H and O–H groups in total. The Labute approximate surface area is 65.3 Å². The van der Waals surface area contributed by atoms with E-state index in [4.69, 9.17) is 15.6 Å². The van der Waals surface area contributed by atoms with Gasteiger partial charge in [-0.3, -0.25) is 0 Å². The van der Waals surface area contributed by atoms with Crippen molar-refractivity contribution in [1.82, 2.24) is 4.31 Å². The summed E-state index contributed by atoms with van der Waals surface area (Å²) >= 11 is 0. The molecule has 0 aromatic carbocycles. The Bertz CT molecular complexity index is 227. The fourth-order valence-corrected chi connectivity index (χ4v) is 1.69. The summed E-state index contributed by atoms with van der Waals surface area (Å²) in [5.41, 5.74) is 5.41. The van der Waals surface area contributed by atoms with Gasteiger partial charge in [-0.2, -0.15) is 12.7 Å². The molecule has 0 aliphatic carbocycles. The van der Waals surface area contributed by atoms with Gasteiger partial charge in [0.05, 0.1) is 19.4 Å². The quantitative estimate of drug-likeness (QED) is 0.480. The third kappa shape index (κ3) is 2.11. The topological polar surface area (TPSA) is 98.7 Å². The van der Waals surface area contributed by atoms with Crippen LogP contribution in [-0.2, 0) is 14.9 Å². The van der Waals surface area contributed by atoms with E-state index in [9.17, 15) is 8.42 Å². The molecule has 0 saturated carbocycles. The summed E-state index contributed by atoms with van der Waals surface area (Å²) in [6, 6.07) is 0. The molecule has 11 heavy (non-hydrogen) atoms. The van der Waals surface area contributed by atoms with E-state index in [2.05, 4.69) is 0 Å². The molecule has 0 radical (unpaired) electrons. The lowest BCUT2D eigenvalue weighted by Crippen LogP contribution is -2.55. The lowest BCUT2D eigenvalue weighted by molar-refractivity contribution is 0.0350. The molecule has 1 fully saturated rings. The Morgan fingerprint density at radius 1 is 1.55 bits per heavy atom. The molecule has 1 saturated heterocycles. The van der Waals surface area contributed by atoms with E-state index in [0.717, 1.165) is 4.31 Å². The Hall–Kier alpha value is -0.210. The van der Waals surface area contributed by atoms with Crippen molar-refractivity contribution < 1.29 is 13.2 Å². The highest BCUT2D eigenvalue weighted by atomic mass is 32.2. The SMILES string of the molecule is NC1COCCN1S(N)(=O)=O. The second-order valence-electron chi connectivity index (χ2n) is 2.30. The van der Waals surface area contributed by atoms with Crippen molar-refractivity contribution in [3.8, 4) is 0 Å². The molecule has 0 aromatic heterocycles. The van der Waals surface area contributed by atoms with E-state index in [1.165, 1.54) is 0 Å². The first-order valence-electron chi connectivity index (χ1n) is 3.14. The van der Waals surface area contributed by atoms with Crippen LogP contribution in [0.5, 0.6) is 0 Å². The second kappa shape index (κ2) is 3.03. The van der Waals surface area contributed by atoms with Crippen LogP contribution in [0, 0.1) is 0 Å². The Morgan fingerprint density at radius 3 is 2.55 bits per heavy atom. The zero-order valence-corrected chi connectivity index (χ0v) is 6.75. The third-order valence-corrected chi connectivity index (χ3v) is 2.55. The average molecular weight is 181 g/mol. The van der Waals surface area contributed by atoms with Gasteiger partial charge >= 0.3 is 0 Å². The molecular formula is C4H11N3O3S. The number of hydrogen-bond donors (Lipinski definition) is 2. The molecule has 7 heteroatoms. The van der Waals surface area contributed by atoms with Gasteiger partial charge in [-0.1, -0.05) is 0 Å². The van der Waals surface area contributed by atoms with Crippen LogP contribution in [0.15, 0.2) is 0 Å². The first kappa shape index (κ1) is 8.88. The van der Waals surface area contributed by atoms with Gasteiger partial charge < -0.3 is 10.5 Å². The minimum Gasteiger partial charge on any atom is -0.377 e. The summed E-state index contributed by atoms with van der Waals surface area (Å²) < 4.78 is 27.5. The molecule has 1 aliphatic rings. The number of nitrogens with zero attached hydrogens (tertiary/aromatic N) is 1. The summed E-state index contributed by atoms with van der Waals surface area (Å²) in [6.45, 7) is 0.792. The molecule has 1 atom stereocenters. The standard InChI is InChI=1S/C4H11N3O3S/c5-4-3-10-2-1-7(4)11(6,8)9/h4H,1-3,5H2,(H2,6,8,9). The molecule has 1 rings (SSSR count). The van der Waals surface area contributed by atoms with Crippen molar-refractivity contribution in [2.24, 2.45) is 10.9 Å². The molecule has 1 aliphatic heterocycles. The van der Waals surface area contributed by atoms with Gasteiger partial charge in [-0.15, -0.1) is 0 Å². The van der Waals surface area contributed by atoms with Crippen LogP contribution in [0.2, 0.25) is 0 Å². The molecular weight excluding hydrogens is 170 g/mol. The van der Waals surface area contributed by atoms with Crippen molar-refractivity contribution in [2.45, 2.75) is 6.17 Å². The molecule has 0 bridgehead atoms. The minimum absolute atomic E-state index is 0.205. The van der Waals surface area contributed by atoms with Gasteiger partial charge in [0.2, 0.25) is 0 Å². The van der Waals surface area contributed by atoms with Gasteiger partial charge in [-0.25, -0.2) is 5.14 Å². The number of morpholine rings is 1. The van der Waals surface area contributed by atoms with Crippen LogP contribution in [0.4, 0.5) is 0 Å². The maximum Gasteiger partial charge on any atom is 0.278 e. The zero-order chi connectivity index (χ0) is 8.48. The van der Waals surface area contributed by atoms with Crippen LogP contribution in [0.3, 0.4) is 0 Å². The van der Waals surface area contributed by atoms with E-state index < -0.39 is 16.4 Å². The highest BCUT2D eigenvalue weighted by Crippen LogP contribution is 2.04. The molecule has 6 nitrogen and oxygen atoms in total.